The SMILES string of the molecule is O=c1[nH]c2cc(Br)c(C(O)c3cc(I)ccc3Br)cc2[nH]1. The topological polar surface area (TPSA) is 68.9 Å². The largest absolute Gasteiger partial charge is 0.384 e. The van der Waals surface area contributed by atoms with Gasteiger partial charge in [-0.15, -0.1) is 0 Å². The zero-order chi connectivity index (χ0) is 15.1. The molecule has 0 aliphatic rings. The van der Waals surface area contributed by atoms with Crippen LogP contribution >= 0.6 is 54.5 Å². The molecule has 1 atom stereocenters. The van der Waals surface area contributed by atoms with Crippen LogP contribution in [0.2, 0.25) is 0 Å². The van der Waals surface area contributed by atoms with Gasteiger partial charge >= 0.3 is 5.69 Å². The Morgan fingerprint density at radius 1 is 1.00 bits per heavy atom. The minimum atomic E-state index is -0.800. The van der Waals surface area contributed by atoms with Gasteiger partial charge in [-0.2, -0.15) is 0 Å². The number of aromatic amines is 2. The van der Waals surface area contributed by atoms with Crippen LogP contribution in [-0.2, 0) is 0 Å². The van der Waals surface area contributed by atoms with Gasteiger partial charge in [-0.3, -0.25) is 0 Å². The molecule has 3 rings (SSSR count). The Hall–Kier alpha value is -0.640. The van der Waals surface area contributed by atoms with Gasteiger partial charge in [0.25, 0.3) is 0 Å². The van der Waals surface area contributed by atoms with E-state index >= 15 is 0 Å². The summed E-state index contributed by atoms with van der Waals surface area (Å²) in [4.78, 5) is 16.7. The lowest BCUT2D eigenvalue weighted by molar-refractivity contribution is 0.219. The molecule has 4 nitrogen and oxygen atoms in total. The van der Waals surface area contributed by atoms with E-state index in [0.29, 0.717) is 16.6 Å². The van der Waals surface area contributed by atoms with E-state index < -0.39 is 6.10 Å². The molecule has 0 radical (unpaired) electrons. The lowest BCUT2D eigenvalue weighted by atomic mass is 10.0. The fourth-order valence-corrected chi connectivity index (χ4v) is 3.71. The predicted octanol–water partition coefficient (Wildman–Crippen LogP) is 4.07. The van der Waals surface area contributed by atoms with Crippen LogP contribution < -0.4 is 5.69 Å². The van der Waals surface area contributed by atoms with E-state index in [1.165, 1.54) is 0 Å². The molecule has 1 heterocycles. The van der Waals surface area contributed by atoms with Gasteiger partial charge in [-0.1, -0.05) is 31.9 Å². The molecule has 0 amide bonds. The van der Waals surface area contributed by atoms with Gasteiger partial charge in [-0.25, -0.2) is 4.79 Å². The summed E-state index contributed by atoms with van der Waals surface area (Å²) in [6.45, 7) is 0. The number of fused-ring (bicyclic) bond motifs is 1. The zero-order valence-corrected chi connectivity index (χ0v) is 15.8. The van der Waals surface area contributed by atoms with Crippen molar-refractivity contribution in [3.8, 4) is 0 Å². The van der Waals surface area contributed by atoms with E-state index in [1.807, 2.05) is 18.2 Å². The number of imidazole rings is 1. The number of hydrogen-bond acceptors (Lipinski definition) is 2. The Bertz CT molecular complexity index is 888. The molecule has 0 fully saturated rings. The molecule has 0 aliphatic heterocycles. The van der Waals surface area contributed by atoms with Gasteiger partial charge < -0.3 is 15.1 Å². The van der Waals surface area contributed by atoms with Crippen LogP contribution in [0.15, 0.2) is 44.1 Å². The van der Waals surface area contributed by atoms with E-state index in [0.717, 1.165) is 18.1 Å². The zero-order valence-electron chi connectivity index (χ0n) is 10.5. The van der Waals surface area contributed by atoms with Crippen molar-refractivity contribution in [2.45, 2.75) is 6.10 Å². The van der Waals surface area contributed by atoms with Crippen molar-refractivity contribution in [3.63, 3.8) is 0 Å². The summed E-state index contributed by atoms with van der Waals surface area (Å²) in [6.07, 6.45) is -0.800. The second kappa shape index (κ2) is 5.86. The third-order valence-corrected chi connectivity index (χ3v) is 5.26. The minimum absolute atomic E-state index is 0.265. The average molecular weight is 524 g/mol. The van der Waals surface area contributed by atoms with Gasteiger partial charge in [0.2, 0.25) is 0 Å². The molecule has 1 aromatic heterocycles. The van der Waals surface area contributed by atoms with Crippen LogP contribution in [0.4, 0.5) is 0 Å². The van der Waals surface area contributed by atoms with Crippen LogP contribution in [-0.4, -0.2) is 15.1 Å². The molecule has 0 aliphatic carbocycles. The first kappa shape index (κ1) is 15.3. The minimum Gasteiger partial charge on any atom is -0.384 e. The standard InChI is InChI=1S/C14H9Br2IN2O2/c15-9-2-1-6(17)3-7(9)13(20)8-4-11-12(5-10(8)16)19-14(21)18-11/h1-5,13,20H,(H2,18,19,21). The monoisotopic (exact) mass is 522 g/mol. The lowest BCUT2D eigenvalue weighted by Gasteiger charge is -2.15. The Morgan fingerprint density at radius 2 is 1.62 bits per heavy atom. The van der Waals surface area contributed by atoms with Crippen molar-refractivity contribution in [2.75, 3.05) is 0 Å². The number of rotatable bonds is 2. The number of nitrogens with one attached hydrogen (secondary N) is 2. The highest BCUT2D eigenvalue weighted by molar-refractivity contribution is 14.1. The molecule has 3 N–H and O–H groups in total. The summed E-state index contributed by atoms with van der Waals surface area (Å²) < 4.78 is 2.62. The molecule has 0 saturated carbocycles. The third kappa shape index (κ3) is 2.96. The summed E-state index contributed by atoms with van der Waals surface area (Å²) in [5.41, 5.74) is 2.57. The highest BCUT2D eigenvalue weighted by Crippen LogP contribution is 2.34. The van der Waals surface area contributed by atoms with E-state index in [9.17, 15) is 9.90 Å². The summed E-state index contributed by atoms with van der Waals surface area (Å²) >= 11 is 9.12. The Labute approximate surface area is 150 Å². The summed E-state index contributed by atoms with van der Waals surface area (Å²) in [5.74, 6) is 0. The van der Waals surface area contributed by atoms with Gasteiger partial charge in [0.1, 0.15) is 6.10 Å². The van der Waals surface area contributed by atoms with Crippen LogP contribution in [0.25, 0.3) is 11.0 Å². The quantitative estimate of drug-likeness (QED) is 0.443. The van der Waals surface area contributed by atoms with Crippen molar-refractivity contribution in [1.82, 2.24) is 9.97 Å². The third-order valence-electron chi connectivity index (χ3n) is 3.18. The molecule has 0 saturated heterocycles. The normalized spacial score (nSPS) is 12.8. The number of aromatic nitrogens is 2. The van der Waals surface area contributed by atoms with E-state index in [1.54, 1.807) is 12.1 Å². The van der Waals surface area contributed by atoms with Gasteiger partial charge in [-0.05, 0) is 52.9 Å². The van der Waals surface area contributed by atoms with Gasteiger partial charge in [0.15, 0.2) is 0 Å². The summed E-state index contributed by atoms with van der Waals surface area (Å²) in [7, 11) is 0. The van der Waals surface area contributed by atoms with Gasteiger partial charge in [0, 0.05) is 23.6 Å². The maximum absolute atomic E-state index is 11.4. The molecule has 0 spiro atoms. The fraction of sp³-hybridized carbons (Fsp3) is 0.0714. The predicted molar refractivity (Wildman–Crippen MR) is 97.5 cm³/mol. The van der Waals surface area contributed by atoms with Crippen molar-refractivity contribution in [2.24, 2.45) is 0 Å². The van der Waals surface area contributed by atoms with E-state index in [-0.39, 0.29) is 5.69 Å². The summed E-state index contributed by atoms with van der Waals surface area (Å²) in [5, 5.41) is 10.7. The highest BCUT2D eigenvalue weighted by atomic mass is 127. The first-order valence-electron chi connectivity index (χ1n) is 6.00. The maximum atomic E-state index is 11.4. The van der Waals surface area contributed by atoms with Crippen LogP contribution in [0.1, 0.15) is 17.2 Å². The number of aliphatic hydroxyl groups is 1. The molecule has 1 unspecified atom stereocenters. The maximum Gasteiger partial charge on any atom is 0.323 e. The number of hydrogen-bond donors (Lipinski definition) is 3. The number of benzene rings is 2. The number of H-pyrrole nitrogens is 2. The Morgan fingerprint density at radius 3 is 2.33 bits per heavy atom. The highest BCUT2D eigenvalue weighted by Gasteiger charge is 2.18. The molecule has 2 aromatic carbocycles. The molecular weight excluding hydrogens is 515 g/mol. The lowest BCUT2D eigenvalue weighted by Crippen LogP contribution is -2.02. The number of halogens is 3. The molecule has 108 valence electrons. The molecule has 7 heteroatoms. The second-order valence-electron chi connectivity index (χ2n) is 4.57. The van der Waals surface area contributed by atoms with Crippen molar-refractivity contribution in [1.29, 1.82) is 0 Å². The number of aliphatic hydroxyl groups excluding tert-OH is 1. The molecule has 0 bridgehead atoms. The first-order valence-corrected chi connectivity index (χ1v) is 8.66. The van der Waals surface area contributed by atoms with Crippen LogP contribution in [0.5, 0.6) is 0 Å². The molecule has 3 aromatic rings. The molecule has 21 heavy (non-hydrogen) atoms. The fourth-order valence-electron chi connectivity index (χ4n) is 2.17. The van der Waals surface area contributed by atoms with Gasteiger partial charge in [0.05, 0.1) is 11.0 Å². The van der Waals surface area contributed by atoms with Crippen molar-refractivity contribution in [3.05, 3.63) is 64.5 Å². The van der Waals surface area contributed by atoms with Crippen molar-refractivity contribution >= 4 is 65.5 Å². The smallest absolute Gasteiger partial charge is 0.323 e. The Kier molecular flexibility index (Phi) is 4.26. The molecular formula is C14H9Br2IN2O2. The average Bonchev–Trinajstić information content (AvgIpc) is 2.79. The summed E-state index contributed by atoms with van der Waals surface area (Å²) in [6, 6.07) is 9.35. The van der Waals surface area contributed by atoms with E-state index in [2.05, 4.69) is 64.4 Å². The van der Waals surface area contributed by atoms with Crippen LogP contribution in [0.3, 0.4) is 0 Å². The van der Waals surface area contributed by atoms with Crippen LogP contribution in [0, 0.1) is 3.57 Å². The van der Waals surface area contributed by atoms with E-state index in [4.69, 9.17) is 0 Å². The first-order chi connectivity index (χ1) is 9.95. The Balaban J connectivity index is 2.16. The van der Waals surface area contributed by atoms with Crippen molar-refractivity contribution < 1.29 is 5.11 Å². The second-order valence-corrected chi connectivity index (χ2v) is 7.52.